The van der Waals surface area contributed by atoms with Crippen LogP contribution in [0.15, 0.2) is 63.4 Å². The third kappa shape index (κ3) is 4.83. The molecule has 0 saturated carbocycles. The smallest absolute Gasteiger partial charge is 0.264 e. The van der Waals surface area contributed by atoms with Gasteiger partial charge in [0.15, 0.2) is 5.17 Å². The summed E-state index contributed by atoms with van der Waals surface area (Å²) in [6.45, 7) is 5.96. The molecule has 0 atom stereocenters. The van der Waals surface area contributed by atoms with Crippen molar-refractivity contribution in [2.75, 3.05) is 6.61 Å². The number of nitrogens with one attached hydrogen (secondary N) is 1. The topological polar surface area (TPSA) is 50.7 Å². The zero-order chi connectivity index (χ0) is 19.4. The summed E-state index contributed by atoms with van der Waals surface area (Å²) in [6, 6.07) is 11.1. The van der Waals surface area contributed by atoms with Gasteiger partial charge in [0.1, 0.15) is 12.4 Å². The van der Waals surface area contributed by atoms with E-state index in [4.69, 9.17) is 16.3 Å². The molecule has 1 saturated heterocycles. The van der Waals surface area contributed by atoms with Gasteiger partial charge in [-0.3, -0.25) is 4.79 Å². The fourth-order valence-corrected chi connectivity index (χ4v) is 3.85. The Labute approximate surface area is 175 Å². The van der Waals surface area contributed by atoms with E-state index in [1.165, 1.54) is 11.8 Å². The van der Waals surface area contributed by atoms with Gasteiger partial charge in [-0.2, -0.15) is 0 Å². The van der Waals surface area contributed by atoms with E-state index in [2.05, 4.69) is 32.8 Å². The van der Waals surface area contributed by atoms with Crippen molar-refractivity contribution in [1.82, 2.24) is 5.32 Å². The summed E-state index contributed by atoms with van der Waals surface area (Å²) in [5.74, 6) is 0.542. The largest absolute Gasteiger partial charge is 0.488 e. The molecule has 2 aromatic carbocycles. The third-order valence-corrected chi connectivity index (χ3v) is 5.66. The number of nitrogens with zero attached hydrogens (tertiary/aromatic N) is 1. The zero-order valence-corrected chi connectivity index (χ0v) is 17.6. The second-order valence-electron chi connectivity index (χ2n) is 5.66. The lowest BCUT2D eigenvalue weighted by molar-refractivity contribution is -0.115. The number of carbonyl (C=O) groups excluding carboxylic acids is 1. The fraction of sp³-hybridized carbons (Fsp3) is 0.100. The highest BCUT2D eigenvalue weighted by molar-refractivity contribution is 9.10. The Balaban J connectivity index is 1.81. The molecule has 7 heteroatoms. The summed E-state index contributed by atoms with van der Waals surface area (Å²) >= 11 is 10.9. The number of carbonyl (C=O) groups is 1. The van der Waals surface area contributed by atoms with Crippen LogP contribution in [0.3, 0.4) is 0 Å². The monoisotopic (exact) mass is 462 g/mol. The molecule has 1 heterocycles. The van der Waals surface area contributed by atoms with E-state index in [0.717, 1.165) is 27.0 Å². The van der Waals surface area contributed by atoms with Crippen molar-refractivity contribution >= 4 is 62.1 Å². The highest BCUT2D eigenvalue weighted by Gasteiger charge is 2.24. The van der Waals surface area contributed by atoms with Gasteiger partial charge in [-0.05, 0) is 76.1 Å². The lowest BCUT2D eigenvalue weighted by Crippen LogP contribution is -2.19. The molecule has 1 aliphatic rings. The van der Waals surface area contributed by atoms with E-state index in [1.54, 1.807) is 6.08 Å². The van der Waals surface area contributed by atoms with Gasteiger partial charge in [-0.25, -0.2) is 4.99 Å². The first-order valence-electron chi connectivity index (χ1n) is 8.06. The predicted molar refractivity (Wildman–Crippen MR) is 117 cm³/mol. The van der Waals surface area contributed by atoms with Crippen LogP contribution in [-0.2, 0) is 4.79 Å². The van der Waals surface area contributed by atoms with Gasteiger partial charge in [0.2, 0.25) is 0 Å². The SMILES string of the molecule is C=CCOc1ccc(/C=C2/SC(=Nc3cccc(Cl)c3C)NC2=O)cc1Br. The molecule has 27 heavy (non-hydrogen) atoms. The molecule has 4 nitrogen and oxygen atoms in total. The van der Waals surface area contributed by atoms with E-state index in [0.29, 0.717) is 21.7 Å². The maximum Gasteiger partial charge on any atom is 0.264 e. The second kappa shape index (κ2) is 8.78. The molecule has 2 aromatic rings. The predicted octanol–water partition coefficient (Wildman–Crippen LogP) is 5.87. The van der Waals surface area contributed by atoms with Crippen molar-refractivity contribution in [3.05, 3.63) is 74.6 Å². The molecule has 0 unspecified atom stereocenters. The quantitative estimate of drug-likeness (QED) is 0.446. The van der Waals surface area contributed by atoms with Crippen molar-refractivity contribution < 1.29 is 9.53 Å². The molecule has 0 spiro atoms. The van der Waals surface area contributed by atoms with E-state index >= 15 is 0 Å². The normalized spacial score (nSPS) is 16.6. The van der Waals surface area contributed by atoms with Gasteiger partial charge in [-0.15, -0.1) is 0 Å². The third-order valence-electron chi connectivity index (χ3n) is 3.72. The number of hydrogen-bond acceptors (Lipinski definition) is 4. The van der Waals surface area contributed by atoms with Crippen LogP contribution in [0.1, 0.15) is 11.1 Å². The Morgan fingerprint density at radius 2 is 2.19 bits per heavy atom. The maximum atomic E-state index is 12.3. The standard InChI is InChI=1S/C20H16BrClN2O2S/c1-3-9-26-17-8-7-13(10-14(17)21)11-18-19(25)24-20(27-18)23-16-6-4-5-15(22)12(16)2/h3-8,10-11H,1,9H2,2H3,(H,23,24,25)/b18-11+. The minimum absolute atomic E-state index is 0.179. The molecule has 3 rings (SSSR count). The molecular formula is C20H16BrClN2O2S. The fourth-order valence-electron chi connectivity index (χ4n) is 2.33. The Kier molecular flexibility index (Phi) is 6.42. The van der Waals surface area contributed by atoms with Crippen LogP contribution in [0.4, 0.5) is 5.69 Å². The van der Waals surface area contributed by atoms with Gasteiger partial charge in [0.05, 0.1) is 15.1 Å². The number of ether oxygens (including phenoxy) is 1. The van der Waals surface area contributed by atoms with Crippen molar-refractivity contribution in [2.24, 2.45) is 4.99 Å². The zero-order valence-electron chi connectivity index (χ0n) is 14.5. The van der Waals surface area contributed by atoms with Crippen LogP contribution in [0.5, 0.6) is 5.75 Å². The molecule has 1 N–H and O–H groups in total. The molecule has 138 valence electrons. The number of halogens is 2. The van der Waals surface area contributed by atoms with E-state index < -0.39 is 0 Å². The van der Waals surface area contributed by atoms with Crippen molar-refractivity contribution in [2.45, 2.75) is 6.92 Å². The lowest BCUT2D eigenvalue weighted by atomic mass is 10.2. The van der Waals surface area contributed by atoms with Crippen molar-refractivity contribution in [3.8, 4) is 5.75 Å². The Bertz CT molecular complexity index is 972. The number of aliphatic imine (C=N–C) groups is 1. The van der Waals surface area contributed by atoms with Crippen LogP contribution in [0.2, 0.25) is 5.02 Å². The van der Waals surface area contributed by atoms with E-state index in [9.17, 15) is 4.79 Å². The van der Waals surface area contributed by atoms with Crippen LogP contribution in [0.25, 0.3) is 6.08 Å². The summed E-state index contributed by atoms with van der Waals surface area (Å²) in [5.41, 5.74) is 2.49. The lowest BCUT2D eigenvalue weighted by Gasteiger charge is -2.06. The second-order valence-corrected chi connectivity index (χ2v) is 7.95. The van der Waals surface area contributed by atoms with Gasteiger partial charge in [0, 0.05) is 5.02 Å². The van der Waals surface area contributed by atoms with Crippen LogP contribution < -0.4 is 10.1 Å². The molecule has 0 aliphatic carbocycles. The highest BCUT2D eigenvalue weighted by atomic mass is 79.9. The first kappa shape index (κ1) is 19.7. The highest BCUT2D eigenvalue weighted by Crippen LogP contribution is 2.32. The van der Waals surface area contributed by atoms with Crippen LogP contribution >= 0.6 is 39.3 Å². The van der Waals surface area contributed by atoms with Crippen LogP contribution in [0, 0.1) is 6.92 Å². The minimum atomic E-state index is -0.179. The molecule has 1 aliphatic heterocycles. The van der Waals surface area contributed by atoms with Gasteiger partial charge in [-0.1, -0.05) is 36.4 Å². The summed E-state index contributed by atoms with van der Waals surface area (Å²) in [7, 11) is 0. The Hall–Kier alpha value is -2.02. The van der Waals surface area contributed by atoms with Crippen LogP contribution in [-0.4, -0.2) is 17.7 Å². The van der Waals surface area contributed by atoms with Gasteiger partial charge >= 0.3 is 0 Å². The Morgan fingerprint density at radius 1 is 1.37 bits per heavy atom. The molecular weight excluding hydrogens is 448 g/mol. The molecule has 0 radical (unpaired) electrons. The summed E-state index contributed by atoms with van der Waals surface area (Å²) in [4.78, 5) is 17.3. The maximum absolute atomic E-state index is 12.3. The molecule has 0 bridgehead atoms. The number of amides is 1. The summed E-state index contributed by atoms with van der Waals surface area (Å²) in [5, 5.41) is 3.96. The van der Waals surface area contributed by atoms with Crippen molar-refractivity contribution in [3.63, 3.8) is 0 Å². The summed E-state index contributed by atoms with van der Waals surface area (Å²) < 4.78 is 6.35. The first-order valence-corrected chi connectivity index (χ1v) is 10.0. The van der Waals surface area contributed by atoms with Gasteiger partial charge in [0.25, 0.3) is 5.91 Å². The molecule has 0 aromatic heterocycles. The number of amidine groups is 1. The van der Waals surface area contributed by atoms with Crippen molar-refractivity contribution in [1.29, 1.82) is 0 Å². The number of thioether (sulfide) groups is 1. The number of benzene rings is 2. The Morgan fingerprint density at radius 3 is 2.93 bits per heavy atom. The molecule has 1 amide bonds. The van der Waals surface area contributed by atoms with Gasteiger partial charge < -0.3 is 10.1 Å². The number of rotatable bonds is 5. The van der Waals surface area contributed by atoms with E-state index in [-0.39, 0.29) is 5.91 Å². The molecule has 1 fully saturated rings. The average molecular weight is 464 g/mol. The first-order chi connectivity index (χ1) is 13.0. The summed E-state index contributed by atoms with van der Waals surface area (Å²) in [6.07, 6.45) is 3.50. The average Bonchev–Trinajstić information content (AvgIpc) is 2.97. The van der Waals surface area contributed by atoms with E-state index in [1.807, 2.05) is 49.4 Å². The minimum Gasteiger partial charge on any atom is -0.488 e. The number of hydrogen-bond donors (Lipinski definition) is 1.